The number of primary amides is 1. The van der Waals surface area contributed by atoms with Gasteiger partial charge in [0.1, 0.15) is 12.4 Å². The van der Waals surface area contributed by atoms with E-state index in [4.69, 9.17) is 19.9 Å². The zero-order valence-electron chi connectivity index (χ0n) is 15.8. The second-order valence-electron chi connectivity index (χ2n) is 5.98. The molecule has 2 heterocycles. The van der Waals surface area contributed by atoms with Crippen LogP contribution in [0.3, 0.4) is 0 Å². The SMILES string of the molecule is CCOC(=O)C1=C(C)Nc2ncnn2[C@@H]1c1ccc(OCC(N)=O)c(OC)c1. The molecule has 0 saturated heterocycles. The molecule has 3 rings (SSSR count). The summed E-state index contributed by atoms with van der Waals surface area (Å²) in [5, 5.41) is 7.31. The number of methoxy groups -OCH3 is 1. The molecule has 28 heavy (non-hydrogen) atoms. The summed E-state index contributed by atoms with van der Waals surface area (Å²) in [5.74, 6) is 0.200. The Morgan fingerprint density at radius 3 is 2.79 bits per heavy atom. The van der Waals surface area contributed by atoms with Crippen molar-refractivity contribution in [2.75, 3.05) is 25.6 Å². The van der Waals surface area contributed by atoms with Crippen molar-refractivity contribution < 1.29 is 23.8 Å². The minimum Gasteiger partial charge on any atom is -0.493 e. The molecule has 10 heteroatoms. The normalized spacial score (nSPS) is 15.5. The van der Waals surface area contributed by atoms with Crippen molar-refractivity contribution in [3.8, 4) is 11.5 Å². The number of nitrogens with zero attached hydrogens (tertiary/aromatic N) is 3. The molecule has 0 spiro atoms. The second kappa shape index (κ2) is 7.99. The minimum absolute atomic E-state index is 0.246. The van der Waals surface area contributed by atoms with Crippen LogP contribution in [0.25, 0.3) is 0 Å². The Morgan fingerprint density at radius 2 is 2.11 bits per heavy atom. The average molecular weight is 387 g/mol. The molecule has 0 radical (unpaired) electrons. The third kappa shape index (κ3) is 3.61. The number of carbonyl (C=O) groups is 2. The number of ether oxygens (including phenoxy) is 3. The molecular weight excluding hydrogens is 366 g/mol. The third-order valence-corrected chi connectivity index (χ3v) is 4.16. The number of esters is 1. The van der Waals surface area contributed by atoms with E-state index in [9.17, 15) is 9.59 Å². The number of anilines is 1. The maximum absolute atomic E-state index is 12.6. The Kier molecular flexibility index (Phi) is 5.48. The maximum Gasteiger partial charge on any atom is 0.338 e. The van der Waals surface area contributed by atoms with E-state index < -0.39 is 17.9 Å². The van der Waals surface area contributed by atoms with Gasteiger partial charge in [-0.15, -0.1) is 0 Å². The van der Waals surface area contributed by atoms with Crippen LogP contribution < -0.4 is 20.5 Å². The Bertz CT molecular complexity index is 936. The number of benzene rings is 1. The van der Waals surface area contributed by atoms with Crippen molar-refractivity contribution in [3.05, 3.63) is 41.4 Å². The molecule has 0 bridgehead atoms. The van der Waals surface area contributed by atoms with Gasteiger partial charge in [-0.1, -0.05) is 6.07 Å². The Balaban J connectivity index is 2.06. The number of nitrogens with one attached hydrogen (secondary N) is 1. The first-order valence-corrected chi connectivity index (χ1v) is 8.59. The number of hydrogen-bond acceptors (Lipinski definition) is 8. The number of nitrogens with two attached hydrogens (primary N) is 1. The molecule has 0 fully saturated rings. The minimum atomic E-state index is -0.597. The Morgan fingerprint density at radius 1 is 1.32 bits per heavy atom. The van der Waals surface area contributed by atoms with Gasteiger partial charge >= 0.3 is 5.97 Å². The predicted molar refractivity (Wildman–Crippen MR) is 98.8 cm³/mol. The molecular formula is C18H21N5O5. The molecule has 148 valence electrons. The molecule has 10 nitrogen and oxygen atoms in total. The van der Waals surface area contributed by atoms with Crippen molar-refractivity contribution in [1.82, 2.24) is 14.8 Å². The van der Waals surface area contributed by atoms with Crippen LogP contribution in [0, 0.1) is 0 Å². The highest BCUT2D eigenvalue weighted by Gasteiger charge is 2.34. The molecule has 1 atom stereocenters. The molecule has 3 N–H and O–H groups in total. The van der Waals surface area contributed by atoms with E-state index in [1.54, 1.807) is 36.7 Å². The summed E-state index contributed by atoms with van der Waals surface area (Å²) in [6, 6.07) is 4.54. The molecule has 1 amide bonds. The number of fused-ring (bicyclic) bond motifs is 1. The highest BCUT2D eigenvalue weighted by atomic mass is 16.5. The van der Waals surface area contributed by atoms with E-state index in [0.717, 1.165) is 0 Å². The standard InChI is InChI=1S/C18H21N5O5/c1-4-27-17(25)15-10(2)22-18-20-9-21-23(18)16(15)11-5-6-12(13(7-11)26-3)28-8-14(19)24/h5-7,9,16H,4,8H2,1-3H3,(H2,19,24)(H,20,21,22)/t16-/m1/s1. The van der Waals surface area contributed by atoms with Crippen LogP contribution in [0.15, 0.2) is 35.8 Å². The predicted octanol–water partition coefficient (Wildman–Crippen LogP) is 1.00. The summed E-state index contributed by atoms with van der Waals surface area (Å²) in [5.41, 5.74) is 6.87. The van der Waals surface area contributed by atoms with E-state index in [0.29, 0.717) is 34.3 Å². The summed E-state index contributed by atoms with van der Waals surface area (Å²) in [6.07, 6.45) is 1.40. The number of carbonyl (C=O) groups excluding carboxylic acids is 2. The molecule has 1 aliphatic heterocycles. The van der Waals surface area contributed by atoms with Gasteiger partial charge < -0.3 is 25.3 Å². The van der Waals surface area contributed by atoms with Gasteiger partial charge in [-0.05, 0) is 31.5 Å². The lowest BCUT2D eigenvalue weighted by Crippen LogP contribution is -2.29. The summed E-state index contributed by atoms with van der Waals surface area (Å²) in [6.45, 7) is 3.49. The first-order chi connectivity index (χ1) is 13.5. The maximum atomic E-state index is 12.6. The van der Waals surface area contributed by atoms with E-state index in [1.807, 2.05) is 0 Å². The fourth-order valence-corrected chi connectivity index (χ4v) is 2.99. The number of hydrogen-bond donors (Lipinski definition) is 2. The smallest absolute Gasteiger partial charge is 0.338 e. The van der Waals surface area contributed by atoms with Crippen LogP contribution in [-0.4, -0.2) is 47.0 Å². The van der Waals surface area contributed by atoms with Crippen LogP contribution >= 0.6 is 0 Å². The molecule has 1 aromatic heterocycles. The van der Waals surface area contributed by atoms with Crippen LogP contribution in [0.4, 0.5) is 5.95 Å². The summed E-state index contributed by atoms with van der Waals surface area (Å²) >= 11 is 0. The molecule has 1 aromatic carbocycles. The second-order valence-corrected chi connectivity index (χ2v) is 5.98. The first-order valence-electron chi connectivity index (χ1n) is 8.59. The average Bonchev–Trinajstić information content (AvgIpc) is 3.13. The number of allylic oxidation sites excluding steroid dienone is 1. The van der Waals surface area contributed by atoms with Crippen molar-refractivity contribution in [2.24, 2.45) is 5.73 Å². The first kappa shape index (κ1) is 19.2. The molecule has 2 aromatic rings. The topological polar surface area (TPSA) is 131 Å². The van der Waals surface area contributed by atoms with Gasteiger partial charge in [0.15, 0.2) is 18.1 Å². The van der Waals surface area contributed by atoms with Crippen LogP contribution in [0.2, 0.25) is 0 Å². The van der Waals surface area contributed by atoms with Crippen molar-refractivity contribution in [3.63, 3.8) is 0 Å². The van der Waals surface area contributed by atoms with Crippen molar-refractivity contribution >= 4 is 17.8 Å². The van der Waals surface area contributed by atoms with E-state index in [-0.39, 0.29) is 13.2 Å². The fourth-order valence-electron chi connectivity index (χ4n) is 2.99. The lowest BCUT2D eigenvalue weighted by atomic mass is 9.95. The third-order valence-electron chi connectivity index (χ3n) is 4.16. The zero-order valence-corrected chi connectivity index (χ0v) is 15.8. The van der Waals surface area contributed by atoms with E-state index >= 15 is 0 Å². The van der Waals surface area contributed by atoms with Gasteiger partial charge in [-0.25, -0.2) is 9.48 Å². The lowest BCUT2D eigenvalue weighted by Gasteiger charge is -2.28. The van der Waals surface area contributed by atoms with Gasteiger partial charge in [0.05, 0.1) is 19.3 Å². The number of rotatable bonds is 7. The number of aromatic nitrogens is 3. The summed E-state index contributed by atoms with van der Waals surface area (Å²) in [7, 11) is 1.48. The highest BCUT2D eigenvalue weighted by molar-refractivity contribution is 5.92. The number of amides is 1. The van der Waals surface area contributed by atoms with Gasteiger partial charge in [-0.2, -0.15) is 10.1 Å². The largest absolute Gasteiger partial charge is 0.493 e. The van der Waals surface area contributed by atoms with Crippen LogP contribution in [-0.2, 0) is 14.3 Å². The molecule has 0 saturated carbocycles. The van der Waals surface area contributed by atoms with Crippen molar-refractivity contribution in [2.45, 2.75) is 19.9 Å². The summed E-state index contributed by atoms with van der Waals surface area (Å²) < 4.78 is 17.6. The highest BCUT2D eigenvalue weighted by Crippen LogP contribution is 2.38. The molecule has 0 aliphatic carbocycles. The van der Waals surface area contributed by atoms with Crippen LogP contribution in [0.1, 0.15) is 25.5 Å². The summed E-state index contributed by atoms with van der Waals surface area (Å²) in [4.78, 5) is 27.8. The van der Waals surface area contributed by atoms with E-state index in [1.165, 1.54) is 13.4 Å². The van der Waals surface area contributed by atoms with Gasteiger partial charge in [0.25, 0.3) is 5.91 Å². The Hall–Kier alpha value is -3.56. The monoisotopic (exact) mass is 387 g/mol. The van der Waals surface area contributed by atoms with E-state index in [2.05, 4.69) is 15.4 Å². The lowest BCUT2D eigenvalue weighted by molar-refractivity contribution is -0.139. The molecule has 1 aliphatic rings. The van der Waals surface area contributed by atoms with Gasteiger partial charge in [0, 0.05) is 5.70 Å². The zero-order chi connectivity index (χ0) is 20.3. The fraction of sp³-hybridized carbons (Fsp3) is 0.333. The molecule has 0 unspecified atom stereocenters. The van der Waals surface area contributed by atoms with Gasteiger partial charge in [0.2, 0.25) is 5.95 Å². The van der Waals surface area contributed by atoms with Gasteiger partial charge in [-0.3, -0.25) is 4.79 Å². The van der Waals surface area contributed by atoms with Crippen molar-refractivity contribution in [1.29, 1.82) is 0 Å². The Labute approximate surface area is 161 Å². The quantitative estimate of drug-likeness (QED) is 0.673. The van der Waals surface area contributed by atoms with Crippen LogP contribution in [0.5, 0.6) is 11.5 Å².